The molecule has 0 bridgehead atoms. The maximum absolute atomic E-state index is 12.9. The number of carbonyl (C=O) groups is 1. The number of aryl methyl sites for hydroxylation is 2. The van der Waals surface area contributed by atoms with Gasteiger partial charge in [-0.3, -0.25) is 4.79 Å². The first-order chi connectivity index (χ1) is 13.3. The van der Waals surface area contributed by atoms with Gasteiger partial charge in [-0.1, -0.05) is 35.9 Å². The van der Waals surface area contributed by atoms with Gasteiger partial charge in [-0.2, -0.15) is 13.2 Å². The number of alkyl halides is 3. The molecule has 0 saturated carbocycles. The number of amides is 1. The van der Waals surface area contributed by atoms with Crippen LogP contribution in [0.5, 0.6) is 0 Å². The highest BCUT2D eigenvalue weighted by atomic mass is 19.4. The number of benzene rings is 2. The molecule has 3 nitrogen and oxygen atoms in total. The van der Waals surface area contributed by atoms with Crippen LogP contribution in [0.15, 0.2) is 48.5 Å². The van der Waals surface area contributed by atoms with Crippen LogP contribution in [-0.4, -0.2) is 37.0 Å². The van der Waals surface area contributed by atoms with Crippen molar-refractivity contribution in [2.24, 2.45) is 0 Å². The van der Waals surface area contributed by atoms with Gasteiger partial charge in [-0.15, -0.1) is 0 Å². The molecule has 0 unspecified atom stereocenters. The Bertz CT molecular complexity index is 794. The minimum atomic E-state index is -4.34. The number of halogens is 3. The Labute approximate surface area is 163 Å². The SMILES string of the molecule is Cc1ccc(CCCC(=O)N2CCN(c3cccc(C(F)(F)F)c3)CC2)cc1. The summed E-state index contributed by atoms with van der Waals surface area (Å²) in [5, 5.41) is 0. The summed E-state index contributed by atoms with van der Waals surface area (Å²) >= 11 is 0. The van der Waals surface area contributed by atoms with Crippen molar-refractivity contribution in [3.63, 3.8) is 0 Å². The van der Waals surface area contributed by atoms with Crippen molar-refractivity contribution in [3.05, 3.63) is 65.2 Å². The molecule has 1 saturated heterocycles. The Hall–Kier alpha value is -2.50. The first-order valence-corrected chi connectivity index (χ1v) is 9.58. The molecule has 0 N–H and O–H groups in total. The summed E-state index contributed by atoms with van der Waals surface area (Å²) in [4.78, 5) is 16.2. The molecule has 2 aromatic carbocycles. The number of carbonyl (C=O) groups excluding carboxylic acids is 1. The van der Waals surface area contributed by atoms with Crippen molar-refractivity contribution in [3.8, 4) is 0 Å². The van der Waals surface area contributed by atoms with Gasteiger partial charge in [0.25, 0.3) is 0 Å². The van der Waals surface area contributed by atoms with Gasteiger partial charge in [0.15, 0.2) is 0 Å². The van der Waals surface area contributed by atoms with E-state index in [-0.39, 0.29) is 5.91 Å². The van der Waals surface area contributed by atoms with E-state index in [0.717, 1.165) is 18.9 Å². The van der Waals surface area contributed by atoms with Crippen molar-refractivity contribution < 1.29 is 18.0 Å². The molecule has 1 aliphatic heterocycles. The Kier molecular flexibility index (Phi) is 6.27. The van der Waals surface area contributed by atoms with Crippen LogP contribution < -0.4 is 4.90 Å². The fourth-order valence-corrected chi connectivity index (χ4v) is 3.45. The third-order valence-electron chi connectivity index (χ3n) is 5.15. The lowest BCUT2D eigenvalue weighted by atomic mass is 10.1. The normalized spacial score (nSPS) is 15.0. The van der Waals surface area contributed by atoms with E-state index in [2.05, 4.69) is 24.3 Å². The molecule has 0 spiro atoms. The smallest absolute Gasteiger partial charge is 0.368 e. The van der Waals surface area contributed by atoms with Gasteiger partial charge < -0.3 is 9.80 Å². The van der Waals surface area contributed by atoms with Crippen molar-refractivity contribution >= 4 is 11.6 Å². The third kappa shape index (κ3) is 5.27. The lowest BCUT2D eigenvalue weighted by Gasteiger charge is -2.36. The summed E-state index contributed by atoms with van der Waals surface area (Å²) < 4.78 is 38.7. The highest BCUT2D eigenvalue weighted by Gasteiger charge is 2.31. The number of hydrogen-bond acceptors (Lipinski definition) is 2. The van der Waals surface area contributed by atoms with E-state index < -0.39 is 11.7 Å². The number of anilines is 1. The maximum Gasteiger partial charge on any atom is 0.416 e. The average molecular weight is 390 g/mol. The molecule has 1 fully saturated rings. The predicted octanol–water partition coefficient (Wildman–Crippen LogP) is 4.69. The van der Waals surface area contributed by atoms with Crippen LogP contribution in [0, 0.1) is 6.92 Å². The Morgan fingerprint density at radius 1 is 1.00 bits per heavy atom. The molecule has 2 aromatic rings. The van der Waals surface area contributed by atoms with Crippen LogP contribution >= 0.6 is 0 Å². The first kappa shape index (κ1) is 20.2. The monoisotopic (exact) mass is 390 g/mol. The number of piperazine rings is 1. The first-order valence-electron chi connectivity index (χ1n) is 9.58. The highest BCUT2D eigenvalue weighted by Crippen LogP contribution is 2.31. The molecule has 28 heavy (non-hydrogen) atoms. The number of rotatable bonds is 5. The summed E-state index contributed by atoms with van der Waals surface area (Å²) in [6.07, 6.45) is -2.17. The summed E-state index contributed by atoms with van der Waals surface area (Å²) in [6.45, 7) is 4.22. The minimum Gasteiger partial charge on any atom is -0.368 e. The summed E-state index contributed by atoms with van der Waals surface area (Å²) in [5.74, 6) is 0.121. The molecular weight excluding hydrogens is 365 g/mol. The Balaban J connectivity index is 1.47. The zero-order valence-electron chi connectivity index (χ0n) is 16.0. The van der Waals surface area contributed by atoms with Gasteiger partial charge in [-0.05, 0) is 43.5 Å². The van der Waals surface area contributed by atoms with E-state index in [9.17, 15) is 18.0 Å². The van der Waals surface area contributed by atoms with Crippen LogP contribution in [0.25, 0.3) is 0 Å². The van der Waals surface area contributed by atoms with Gasteiger partial charge in [-0.25, -0.2) is 0 Å². The second-order valence-corrected chi connectivity index (χ2v) is 7.26. The second kappa shape index (κ2) is 8.67. The molecule has 150 valence electrons. The molecule has 1 aliphatic rings. The quantitative estimate of drug-likeness (QED) is 0.740. The molecular formula is C22H25F3N2O. The standard InChI is InChI=1S/C22H25F3N2O/c1-17-8-10-18(11-9-17)4-2-7-21(28)27-14-12-26(13-15-27)20-6-3-5-19(16-20)22(23,24)25/h3,5-6,8-11,16H,2,4,7,12-15H2,1H3. The van der Waals surface area contributed by atoms with Crippen LogP contribution in [-0.2, 0) is 17.4 Å². The highest BCUT2D eigenvalue weighted by molar-refractivity contribution is 5.76. The molecule has 0 atom stereocenters. The summed E-state index contributed by atoms with van der Waals surface area (Å²) in [5.41, 5.74) is 2.37. The molecule has 0 aromatic heterocycles. The van der Waals surface area contributed by atoms with E-state index in [1.807, 2.05) is 16.7 Å². The topological polar surface area (TPSA) is 23.6 Å². The van der Waals surface area contributed by atoms with Crippen LogP contribution in [0.1, 0.15) is 29.5 Å². The maximum atomic E-state index is 12.9. The fourth-order valence-electron chi connectivity index (χ4n) is 3.45. The van der Waals surface area contributed by atoms with Crippen LogP contribution in [0.4, 0.5) is 18.9 Å². The van der Waals surface area contributed by atoms with Crippen LogP contribution in [0.2, 0.25) is 0 Å². The van der Waals surface area contributed by atoms with Gasteiger partial charge in [0, 0.05) is 38.3 Å². The third-order valence-corrected chi connectivity index (χ3v) is 5.15. The Morgan fingerprint density at radius 2 is 1.68 bits per heavy atom. The van der Waals surface area contributed by atoms with Crippen molar-refractivity contribution in [1.29, 1.82) is 0 Å². The molecule has 0 aliphatic carbocycles. The van der Waals surface area contributed by atoms with Gasteiger partial charge in [0.1, 0.15) is 0 Å². The number of hydrogen-bond donors (Lipinski definition) is 0. The molecule has 0 radical (unpaired) electrons. The summed E-state index contributed by atoms with van der Waals surface area (Å²) in [6, 6.07) is 13.7. The molecule has 1 amide bonds. The van der Waals surface area contributed by atoms with E-state index >= 15 is 0 Å². The minimum absolute atomic E-state index is 0.121. The Morgan fingerprint density at radius 3 is 2.32 bits per heavy atom. The summed E-state index contributed by atoms with van der Waals surface area (Å²) in [7, 11) is 0. The predicted molar refractivity (Wildman–Crippen MR) is 104 cm³/mol. The van der Waals surface area contributed by atoms with E-state index in [1.54, 1.807) is 6.07 Å². The van der Waals surface area contributed by atoms with Crippen molar-refractivity contribution in [2.75, 3.05) is 31.1 Å². The lowest BCUT2D eigenvalue weighted by Crippen LogP contribution is -2.48. The van der Waals surface area contributed by atoms with E-state index in [0.29, 0.717) is 38.3 Å². The average Bonchev–Trinajstić information content (AvgIpc) is 2.69. The van der Waals surface area contributed by atoms with Crippen molar-refractivity contribution in [1.82, 2.24) is 4.90 Å². The largest absolute Gasteiger partial charge is 0.416 e. The van der Waals surface area contributed by atoms with Gasteiger partial charge >= 0.3 is 6.18 Å². The molecule has 3 rings (SSSR count). The zero-order valence-corrected chi connectivity index (χ0v) is 16.0. The van der Waals surface area contributed by atoms with E-state index in [1.165, 1.54) is 23.3 Å². The van der Waals surface area contributed by atoms with Crippen LogP contribution in [0.3, 0.4) is 0 Å². The van der Waals surface area contributed by atoms with Crippen molar-refractivity contribution in [2.45, 2.75) is 32.4 Å². The van der Waals surface area contributed by atoms with Gasteiger partial charge in [0.05, 0.1) is 5.56 Å². The number of nitrogens with zero attached hydrogens (tertiary/aromatic N) is 2. The van der Waals surface area contributed by atoms with E-state index in [4.69, 9.17) is 0 Å². The fraction of sp³-hybridized carbons (Fsp3) is 0.409. The zero-order chi connectivity index (χ0) is 20.1. The second-order valence-electron chi connectivity index (χ2n) is 7.26. The lowest BCUT2D eigenvalue weighted by molar-refractivity contribution is -0.137. The van der Waals surface area contributed by atoms with Gasteiger partial charge in [0.2, 0.25) is 5.91 Å². The molecule has 6 heteroatoms. The molecule has 1 heterocycles.